The molecule has 3 N–H and O–H groups in total. The zero-order valence-electron chi connectivity index (χ0n) is 13.6. The molecule has 2 aromatic rings. The van der Waals surface area contributed by atoms with E-state index in [0.717, 1.165) is 5.56 Å². The SMILES string of the molecule is O=C(NCc1ccco1)C(=O)NNC(=O)[C@@H]1COc2ccc(Cl)cc2C1. The fourth-order valence-corrected chi connectivity index (χ4v) is 2.66. The quantitative estimate of drug-likeness (QED) is 0.545. The number of hydrazine groups is 1. The fraction of sp³-hybridized carbons (Fsp3) is 0.235. The van der Waals surface area contributed by atoms with Gasteiger partial charge in [0.2, 0.25) is 5.91 Å². The summed E-state index contributed by atoms with van der Waals surface area (Å²) in [6, 6.07) is 8.52. The van der Waals surface area contributed by atoms with Crippen LogP contribution in [0, 0.1) is 5.92 Å². The topological polar surface area (TPSA) is 110 Å². The molecule has 8 nitrogen and oxygen atoms in total. The van der Waals surface area contributed by atoms with Gasteiger partial charge < -0.3 is 14.5 Å². The number of furan rings is 1. The van der Waals surface area contributed by atoms with Crippen molar-refractivity contribution in [1.82, 2.24) is 16.2 Å². The molecule has 1 aliphatic heterocycles. The minimum absolute atomic E-state index is 0.0706. The van der Waals surface area contributed by atoms with Crippen LogP contribution in [0.15, 0.2) is 41.0 Å². The fourth-order valence-electron chi connectivity index (χ4n) is 2.47. The molecule has 9 heteroatoms. The Hall–Kier alpha value is -3.00. The maximum Gasteiger partial charge on any atom is 0.327 e. The van der Waals surface area contributed by atoms with Gasteiger partial charge in [0.1, 0.15) is 18.1 Å². The van der Waals surface area contributed by atoms with E-state index in [4.69, 9.17) is 20.8 Å². The molecule has 0 aliphatic carbocycles. The van der Waals surface area contributed by atoms with E-state index in [9.17, 15) is 14.4 Å². The summed E-state index contributed by atoms with van der Waals surface area (Å²) in [5.74, 6) is -1.65. The average Bonchev–Trinajstić information content (AvgIpc) is 3.16. The van der Waals surface area contributed by atoms with Crippen LogP contribution in [0.2, 0.25) is 5.02 Å². The highest BCUT2D eigenvalue weighted by Crippen LogP contribution is 2.29. The minimum atomic E-state index is -0.981. The summed E-state index contributed by atoms with van der Waals surface area (Å²) in [6.07, 6.45) is 1.88. The van der Waals surface area contributed by atoms with E-state index >= 15 is 0 Å². The Bertz CT molecular complexity index is 822. The van der Waals surface area contributed by atoms with Crippen molar-refractivity contribution in [1.29, 1.82) is 0 Å². The number of fused-ring (bicyclic) bond motifs is 1. The van der Waals surface area contributed by atoms with Gasteiger partial charge >= 0.3 is 11.8 Å². The van der Waals surface area contributed by atoms with Crippen molar-refractivity contribution in [2.45, 2.75) is 13.0 Å². The first kappa shape index (κ1) is 17.8. The lowest BCUT2D eigenvalue weighted by Gasteiger charge is -2.24. The van der Waals surface area contributed by atoms with Crippen LogP contribution in [0.5, 0.6) is 5.75 Å². The number of hydrogen-bond acceptors (Lipinski definition) is 5. The first-order valence-electron chi connectivity index (χ1n) is 7.84. The van der Waals surface area contributed by atoms with Crippen LogP contribution >= 0.6 is 11.6 Å². The number of halogens is 1. The van der Waals surface area contributed by atoms with E-state index in [-0.39, 0.29) is 13.2 Å². The third-order valence-corrected chi connectivity index (χ3v) is 4.04. The molecular formula is C17H16ClN3O5. The molecule has 26 heavy (non-hydrogen) atoms. The molecule has 1 aliphatic rings. The summed E-state index contributed by atoms with van der Waals surface area (Å²) in [5, 5.41) is 2.92. The van der Waals surface area contributed by atoms with Gasteiger partial charge in [-0.15, -0.1) is 0 Å². The van der Waals surface area contributed by atoms with Crippen LogP contribution in [0.4, 0.5) is 0 Å². The highest BCUT2D eigenvalue weighted by molar-refractivity contribution is 6.35. The number of carbonyl (C=O) groups is 3. The molecule has 3 rings (SSSR count). The third-order valence-electron chi connectivity index (χ3n) is 3.81. The first-order chi connectivity index (χ1) is 12.5. The monoisotopic (exact) mass is 377 g/mol. The van der Waals surface area contributed by atoms with Crippen LogP contribution in [-0.2, 0) is 27.3 Å². The number of carbonyl (C=O) groups excluding carboxylic acids is 3. The number of ether oxygens (including phenoxy) is 1. The minimum Gasteiger partial charge on any atom is -0.492 e. The van der Waals surface area contributed by atoms with Crippen molar-refractivity contribution in [2.24, 2.45) is 5.92 Å². The maximum atomic E-state index is 12.2. The zero-order chi connectivity index (χ0) is 18.5. The van der Waals surface area contributed by atoms with Gasteiger partial charge in [0.15, 0.2) is 0 Å². The molecule has 0 radical (unpaired) electrons. The van der Waals surface area contributed by atoms with Gasteiger partial charge in [-0.05, 0) is 42.3 Å². The number of rotatable bonds is 3. The maximum absolute atomic E-state index is 12.2. The second-order valence-electron chi connectivity index (χ2n) is 5.67. The van der Waals surface area contributed by atoms with Gasteiger partial charge in [0.25, 0.3) is 0 Å². The van der Waals surface area contributed by atoms with Crippen molar-refractivity contribution in [3.05, 3.63) is 52.9 Å². The predicted octanol–water partition coefficient (Wildman–Crippen LogP) is 0.948. The van der Waals surface area contributed by atoms with Crippen LogP contribution in [0.3, 0.4) is 0 Å². The molecule has 1 aromatic carbocycles. The van der Waals surface area contributed by atoms with Crippen LogP contribution in [0.1, 0.15) is 11.3 Å². The Balaban J connectivity index is 1.46. The molecule has 0 unspecified atom stereocenters. The summed E-state index contributed by atoms with van der Waals surface area (Å²) in [7, 11) is 0. The third kappa shape index (κ3) is 4.34. The zero-order valence-corrected chi connectivity index (χ0v) is 14.3. The summed E-state index contributed by atoms with van der Waals surface area (Å²) in [6.45, 7) is 0.238. The normalized spacial score (nSPS) is 15.3. The number of hydrogen-bond donors (Lipinski definition) is 3. The Morgan fingerprint density at radius 2 is 2.00 bits per heavy atom. The van der Waals surface area contributed by atoms with Crippen molar-refractivity contribution < 1.29 is 23.5 Å². The standard InChI is InChI=1S/C17H16ClN3O5/c18-12-3-4-14-10(7-12)6-11(9-26-14)15(22)20-21-17(24)16(23)19-8-13-2-1-5-25-13/h1-5,7,11H,6,8-9H2,(H,19,23)(H,20,22)(H,21,24)/t11-/m0/s1. The van der Waals surface area contributed by atoms with Crippen LogP contribution in [0.25, 0.3) is 0 Å². The van der Waals surface area contributed by atoms with E-state index in [1.54, 1.807) is 30.3 Å². The van der Waals surface area contributed by atoms with E-state index in [1.807, 2.05) is 0 Å². The molecule has 1 aromatic heterocycles. The molecule has 0 spiro atoms. The second-order valence-corrected chi connectivity index (χ2v) is 6.11. The van der Waals surface area contributed by atoms with E-state index in [2.05, 4.69) is 16.2 Å². The van der Waals surface area contributed by atoms with Crippen LogP contribution in [-0.4, -0.2) is 24.3 Å². The lowest BCUT2D eigenvalue weighted by Crippen LogP contribution is -2.51. The molecule has 1 atom stereocenters. The predicted molar refractivity (Wildman–Crippen MR) is 91.0 cm³/mol. The molecule has 136 valence electrons. The molecule has 0 fully saturated rings. The highest BCUT2D eigenvalue weighted by atomic mass is 35.5. The number of amides is 3. The molecule has 0 saturated heterocycles. The van der Waals surface area contributed by atoms with Gasteiger partial charge in [-0.3, -0.25) is 25.2 Å². The van der Waals surface area contributed by atoms with Crippen molar-refractivity contribution in [2.75, 3.05) is 6.61 Å². The summed E-state index contributed by atoms with van der Waals surface area (Å²) in [4.78, 5) is 35.6. The Morgan fingerprint density at radius 1 is 1.15 bits per heavy atom. The van der Waals surface area contributed by atoms with Crippen molar-refractivity contribution in [3.63, 3.8) is 0 Å². The Morgan fingerprint density at radius 3 is 2.77 bits per heavy atom. The van der Waals surface area contributed by atoms with Gasteiger partial charge in [-0.2, -0.15) is 0 Å². The number of benzene rings is 1. The molecule has 0 bridgehead atoms. The summed E-state index contributed by atoms with van der Waals surface area (Å²) >= 11 is 5.94. The molecule has 3 amide bonds. The second kappa shape index (κ2) is 7.92. The Kier molecular flexibility index (Phi) is 5.43. The highest BCUT2D eigenvalue weighted by Gasteiger charge is 2.27. The van der Waals surface area contributed by atoms with E-state index < -0.39 is 23.6 Å². The summed E-state index contributed by atoms with van der Waals surface area (Å²) < 4.78 is 10.6. The average molecular weight is 378 g/mol. The largest absolute Gasteiger partial charge is 0.492 e. The smallest absolute Gasteiger partial charge is 0.327 e. The number of nitrogens with one attached hydrogen (secondary N) is 3. The molecular weight excluding hydrogens is 362 g/mol. The molecule has 0 saturated carbocycles. The van der Waals surface area contributed by atoms with Gasteiger partial charge in [0.05, 0.1) is 18.7 Å². The Labute approximate surface area is 153 Å². The lowest BCUT2D eigenvalue weighted by atomic mass is 9.96. The molecule has 2 heterocycles. The summed E-state index contributed by atoms with van der Waals surface area (Å²) in [5.41, 5.74) is 5.13. The van der Waals surface area contributed by atoms with E-state index in [0.29, 0.717) is 23.0 Å². The van der Waals surface area contributed by atoms with Crippen molar-refractivity contribution >= 4 is 29.3 Å². The van der Waals surface area contributed by atoms with Gasteiger partial charge in [-0.1, -0.05) is 11.6 Å². The van der Waals surface area contributed by atoms with Gasteiger partial charge in [0, 0.05) is 5.02 Å². The van der Waals surface area contributed by atoms with Crippen molar-refractivity contribution in [3.8, 4) is 5.75 Å². The van der Waals surface area contributed by atoms with Gasteiger partial charge in [-0.25, -0.2) is 0 Å². The lowest BCUT2D eigenvalue weighted by molar-refractivity contribution is -0.141. The van der Waals surface area contributed by atoms with E-state index in [1.165, 1.54) is 6.26 Å². The van der Waals surface area contributed by atoms with Crippen LogP contribution < -0.4 is 20.9 Å². The first-order valence-corrected chi connectivity index (χ1v) is 8.22.